The molecule has 5 N–H and O–H groups in total. The number of carboxylic acid groups (broad SMARTS) is 1. The second-order valence-electron chi connectivity index (χ2n) is 5.82. The predicted octanol–water partition coefficient (Wildman–Crippen LogP) is 3.15. The minimum atomic E-state index is -1.60. The van der Waals surface area contributed by atoms with E-state index in [4.69, 9.17) is 0 Å². The fraction of sp³-hybridized carbons (Fsp3) is 0.0526. The van der Waals surface area contributed by atoms with E-state index in [0.29, 0.717) is 11.8 Å². The molecule has 7 heteroatoms. The Bertz CT molecular complexity index is 1080. The molecule has 132 valence electrons. The van der Waals surface area contributed by atoms with Gasteiger partial charge in [0.25, 0.3) is 0 Å². The number of aromatic carboxylic acids is 1. The quantitative estimate of drug-likeness (QED) is 0.360. The summed E-state index contributed by atoms with van der Waals surface area (Å²) >= 11 is 0. The highest BCUT2D eigenvalue weighted by Gasteiger charge is 2.29. The van der Waals surface area contributed by atoms with Crippen molar-refractivity contribution >= 4 is 23.0 Å². The van der Waals surface area contributed by atoms with Gasteiger partial charge in [0.1, 0.15) is 28.6 Å². The van der Waals surface area contributed by atoms with Gasteiger partial charge in [0, 0.05) is 22.1 Å². The molecule has 0 saturated heterocycles. The standard InChI is InChI=1S/C19H14O7/c1-8-5-9(7-20)13(12(22)6-8)15-16(19(25)26)18(24)14-10(17(15)23)3-2-4-11(14)21/h2-7,21-24H,1H3,(H,25,26). The lowest BCUT2D eigenvalue weighted by molar-refractivity contribution is 0.0694. The molecule has 0 radical (unpaired) electrons. The largest absolute Gasteiger partial charge is 0.507 e. The van der Waals surface area contributed by atoms with E-state index in [0.717, 1.165) is 0 Å². The zero-order chi connectivity index (χ0) is 19.2. The van der Waals surface area contributed by atoms with Crippen LogP contribution in [0.4, 0.5) is 0 Å². The summed E-state index contributed by atoms with van der Waals surface area (Å²) in [5, 5.41) is 50.7. The van der Waals surface area contributed by atoms with Crippen LogP contribution in [0.2, 0.25) is 0 Å². The maximum atomic E-state index is 11.8. The first-order chi connectivity index (χ1) is 12.3. The van der Waals surface area contributed by atoms with Crippen LogP contribution >= 0.6 is 0 Å². The number of phenolic OH excluding ortho intramolecular Hbond substituents is 3. The van der Waals surface area contributed by atoms with Crippen molar-refractivity contribution in [2.45, 2.75) is 6.92 Å². The Labute approximate surface area is 147 Å². The summed E-state index contributed by atoms with van der Waals surface area (Å²) in [4.78, 5) is 23.2. The SMILES string of the molecule is Cc1cc(O)c(-c2c(C(=O)O)c(O)c3c(O)cccc3c2O)c(C=O)c1. The van der Waals surface area contributed by atoms with E-state index in [-0.39, 0.29) is 21.9 Å². The van der Waals surface area contributed by atoms with Gasteiger partial charge in [0.05, 0.1) is 5.39 Å². The van der Waals surface area contributed by atoms with Gasteiger partial charge in [-0.25, -0.2) is 4.79 Å². The van der Waals surface area contributed by atoms with Crippen molar-refractivity contribution < 1.29 is 35.1 Å². The van der Waals surface area contributed by atoms with Gasteiger partial charge >= 0.3 is 5.97 Å². The summed E-state index contributed by atoms with van der Waals surface area (Å²) in [6.45, 7) is 1.63. The number of carbonyl (C=O) groups is 2. The van der Waals surface area contributed by atoms with Crippen molar-refractivity contribution in [3.05, 3.63) is 47.0 Å². The Balaban J connectivity index is 2.61. The number of benzene rings is 3. The first kappa shape index (κ1) is 17.1. The van der Waals surface area contributed by atoms with Crippen LogP contribution in [-0.4, -0.2) is 37.8 Å². The molecule has 3 aromatic carbocycles. The molecule has 0 bridgehead atoms. The van der Waals surface area contributed by atoms with Crippen LogP contribution in [0.15, 0.2) is 30.3 Å². The lowest BCUT2D eigenvalue weighted by Crippen LogP contribution is -2.03. The van der Waals surface area contributed by atoms with E-state index >= 15 is 0 Å². The second-order valence-corrected chi connectivity index (χ2v) is 5.82. The van der Waals surface area contributed by atoms with Crippen molar-refractivity contribution in [1.29, 1.82) is 0 Å². The molecule has 0 aliphatic rings. The third kappa shape index (κ3) is 2.37. The van der Waals surface area contributed by atoms with Gasteiger partial charge in [-0.05, 0) is 30.7 Å². The molecule has 0 fully saturated rings. The number of aryl methyl sites for hydroxylation is 1. The van der Waals surface area contributed by atoms with Crippen molar-refractivity contribution in [3.63, 3.8) is 0 Å². The van der Waals surface area contributed by atoms with Crippen LogP contribution in [-0.2, 0) is 0 Å². The summed E-state index contributed by atoms with van der Waals surface area (Å²) in [5.41, 5.74) is -0.876. The van der Waals surface area contributed by atoms with Crippen LogP contribution in [0.25, 0.3) is 21.9 Å². The van der Waals surface area contributed by atoms with E-state index < -0.39 is 40.1 Å². The van der Waals surface area contributed by atoms with Crippen molar-refractivity contribution in [1.82, 2.24) is 0 Å². The topological polar surface area (TPSA) is 135 Å². The van der Waals surface area contributed by atoms with Gasteiger partial charge in [-0.1, -0.05) is 12.1 Å². The summed E-state index contributed by atoms with van der Waals surface area (Å²) in [6, 6.07) is 6.71. The van der Waals surface area contributed by atoms with Crippen LogP contribution in [0, 0.1) is 6.92 Å². The maximum absolute atomic E-state index is 11.8. The first-order valence-electron chi connectivity index (χ1n) is 7.50. The number of rotatable bonds is 3. The maximum Gasteiger partial charge on any atom is 0.340 e. The van der Waals surface area contributed by atoms with Gasteiger partial charge < -0.3 is 25.5 Å². The van der Waals surface area contributed by atoms with Gasteiger partial charge in [0.2, 0.25) is 0 Å². The van der Waals surface area contributed by atoms with E-state index in [1.54, 1.807) is 6.92 Å². The summed E-state index contributed by atoms with van der Waals surface area (Å²) in [7, 11) is 0. The van der Waals surface area contributed by atoms with Crippen molar-refractivity contribution in [2.75, 3.05) is 0 Å². The van der Waals surface area contributed by atoms with Gasteiger partial charge in [-0.2, -0.15) is 0 Å². The molecular weight excluding hydrogens is 340 g/mol. The average molecular weight is 354 g/mol. The number of fused-ring (bicyclic) bond motifs is 1. The molecule has 0 spiro atoms. The minimum Gasteiger partial charge on any atom is -0.507 e. The molecule has 0 aromatic heterocycles. The molecule has 0 unspecified atom stereocenters. The molecule has 0 amide bonds. The Morgan fingerprint density at radius 3 is 2.27 bits per heavy atom. The van der Waals surface area contributed by atoms with E-state index in [1.165, 1.54) is 30.3 Å². The predicted molar refractivity (Wildman–Crippen MR) is 93.1 cm³/mol. The van der Waals surface area contributed by atoms with E-state index in [2.05, 4.69) is 0 Å². The van der Waals surface area contributed by atoms with E-state index in [1.807, 2.05) is 0 Å². The number of hydrogen-bond donors (Lipinski definition) is 5. The summed E-state index contributed by atoms with van der Waals surface area (Å²) in [6.07, 6.45) is 0.414. The molecule has 0 saturated carbocycles. The number of aromatic hydroxyl groups is 4. The summed E-state index contributed by atoms with van der Waals surface area (Å²) in [5.74, 6) is -3.82. The van der Waals surface area contributed by atoms with Crippen LogP contribution < -0.4 is 0 Å². The lowest BCUT2D eigenvalue weighted by atomic mass is 9.89. The molecule has 0 heterocycles. The van der Waals surface area contributed by atoms with Gasteiger partial charge in [-0.15, -0.1) is 0 Å². The molecule has 3 rings (SSSR count). The second kappa shape index (κ2) is 5.96. The number of phenols is 4. The average Bonchev–Trinajstić information content (AvgIpc) is 2.57. The molecule has 26 heavy (non-hydrogen) atoms. The highest BCUT2D eigenvalue weighted by molar-refractivity contribution is 6.14. The number of carbonyl (C=O) groups excluding carboxylic acids is 1. The fourth-order valence-electron chi connectivity index (χ4n) is 3.09. The molecular formula is C19H14O7. The highest BCUT2D eigenvalue weighted by atomic mass is 16.4. The number of aldehydes is 1. The van der Waals surface area contributed by atoms with Crippen LogP contribution in [0.1, 0.15) is 26.3 Å². The fourth-order valence-corrected chi connectivity index (χ4v) is 3.09. The van der Waals surface area contributed by atoms with Crippen LogP contribution in [0.3, 0.4) is 0 Å². The Kier molecular flexibility index (Phi) is 3.92. The Morgan fingerprint density at radius 2 is 1.65 bits per heavy atom. The van der Waals surface area contributed by atoms with Crippen molar-refractivity contribution in [3.8, 4) is 34.1 Å². The van der Waals surface area contributed by atoms with Crippen LogP contribution in [0.5, 0.6) is 23.0 Å². The van der Waals surface area contributed by atoms with Crippen molar-refractivity contribution in [2.24, 2.45) is 0 Å². The zero-order valence-corrected chi connectivity index (χ0v) is 13.5. The molecule has 3 aromatic rings. The van der Waals surface area contributed by atoms with E-state index in [9.17, 15) is 35.1 Å². The lowest BCUT2D eigenvalue weighted by Gasteiger charge is -2.17. The Morgan fingerprint density at radius 1 is 0.962 bits per heavy atom. The molecule has 0 aliphatic heterocycles. The first-order valence-corrected chi connectivity index (χ1v) is 7.50. The van der Waals surface area contributed by atoms with Gasteiger partial charge in [-0.3, -0.25) is 4.79 Å². The molecule has 0 atom stereocenters. The smallest absolute Gasteiger partial charge is 0.340 e. The number of carboxylic acids is 1. The third-order valence-electron chi connectivity index (χ3n) is 4.14. The molecule has 0 aliphatic carbocycles. The Hall–Kier alpha value is -3.74. The highest BCUT2D eigenvalue weighted by Crippen LogP contribution is 2.50. The summed E-state index contributed by atoms with van der Waals surface area (Å²) < 4.78 is 0. The number of hydrogen-bond acceptors (Lipinski definition) is 6. The van der Waals surface area contributed by atoms with Gasteiger partial charge in [0.15, 0.2) is 6.29 Å². The molecule has 7 nitrogen and oxygen atoms in total. The monoisotopic (exact) mass is 354 g/mol. The zero-order valence-electron chi connectivity index (χ0n) is 13.5. The minimum absolute atomic E-state index is 0.0284. The normalized spacial score (nSPS) is 10.8. The third-order valence-corrected chi connectivity index (χ3v) is 4.14.